The van der Waals surface area contributed by atoms with Crippen LogP contribution in [0.2, 0.25) is 5.02 Å². The summed E-state index contributed by atoms with van der Waals surface area (Å²) >= 11 is 5.92. The van der Waals surface area contributed by atoms with Crippen LogP contribution in [-0.2, 0) is 0 Å². The normalized spacial score (nSPS) is 12.1. The average molecular weight is 297 g/mol. The number of halogens is 2. The summed E-state index contributed by atoms with van der Waals surface area (Å²) < 4.78 is 24.3. The molecular formula is C15H14ClFO3. The molecule has 2 aromatic rings. The van der Waals surface area contributed by atoms with E-state index < -0.39 is 11.9 Å². The van der Waals surface area contributed by atoms with E-state index in [2.05, 4.69) is 0 Å². The first kappa shape index (κ1) is 14.6. The summed E-state index contributed by atoms with van der Waals surface area (Å²) in [5.41, 5.74) is 0.497. The van der Waals surface area contributed by atoms with E-state index in [4.69, 9.17) is 21.1 Å². The molecule has 0 heterocycles. The first-order valence-electron chi connectivity index (χ1n) is 5.92. The van der Waals surface area contributed by atoms with Crippen LogP contribution >= 0.6 is 11.6 Å². The molecule has 2 rings (SSSR count). The molecule has 0 bridgehead atoms. The fourth-order valence-electron chi connectivity index (χ4n) is 1.98. The summed E-state index contributed by atoms with van der Waals surface area (Å²) in [5, 5.41) is 10.8. The highest BCUT2D eigenvalue weighted by Crippen LogP contribution is 2.35. The fraction of sp³-hybridized carbons (Fsp3) is 0.200. The number of ether oxygens (including phenoxy) is 2. The molecule has 0 saturated carbocycles. The highest BCUT2D eigenvalue weighted by atomic mass is 35.5. The zero-order valence-corrected chi connectivity index (χ0v) is 11.8. The van der Waals surface area contributed by atoms with Crippen molar-refractivity contribution in [2.75, 3.05) is 14.2 Å². The van der Waals surface area contributed by atoms with Gasteiger partial charge in [-0.2, -0.15) is 0 Å². The molecule has 0 amide bonds. The van der Waals surface area contributed by atoms with Gasteiger partial charge in [-0.1, -0.05) is 23.7 Å². The Kier molecular flexibility index (Phi) is 4.47. The molecule has 0 aliphatic heterocycles. The summed E-state index contributed by atoms with van der Waals surface area (Å²) in [6.07, 6.45) is -1.20. The van der Waals surface area contributed by atoms with Crippen molar-refractivity contribution < 1.29 is 19.0 Å². The van der Waals surface area contributed by atoms with Gasteiger partial charge >= 0.3 is 0 Å². The number of hydrogen-bond donors (Lipinski definition) is 1. The van der Waals surface area contributed by atoms with Crippen molar-refractivity contribution in [1.82, 2.24) is 0 Å². The standard InChI is InChI=1S/C15H14ClFO3/c1-19-12-7-6-9(16)8-11(12)15(18)10-4-3-5-13(20-2)14(10)17/h3-8,15,18H,1-2H3. The maximum Gasteiger partial charge on any atom is 0.171 e. The van der Waals surface area contributed by atoms with Crippen LogP contribution < -0.4 is 9.47 Å². The van der Waals surface area contributed by atoms with Gasteiger partial charge in [-0.3, -0.25) is 0 Å². The monoisotopic (exact) mass is 296 g/mol. The number of rotatable bonds is 4. The van der Waals surface area contributed by atoms with Gasteiger partial charge < -0.3 is 14.6 Å². The number of hydrogen-bond acceptors (Lipinski definition) is 3. The molecule has 20 heavy (non-hydrogen) atoms. The first-order valence-corrected chi connectivity index (χ1v) is 6.30. The zero-order chi connectivity index (χ0) is 14.7. The summed E-state index contributed by atoms with van der Waals surface area (Å²) in [6, 6.07) is 9.39. The number of methoxy groups -OCH3 is 2. The van der Waals surface area contributed by atoms with Crippen LogP contribution in [0.5, 0.6) is 11.5 Å². The second-order valence-electron chi connectivity index (χ2n) is 4.15. The van der Waals surface area contributed by atoms with Crippen LogP contribution in [0, 0.1) is 5.82 Å². The van der Waals surface area contributed by atoms with E-state index >= 15 is 0 Å². The minimum Gasteiger partial charge on any atom is -0.496 e. The lowest BCUT2D eigenvalue weighted by molar-refractivity contribution is 0.208. The second kappa shape index (κ2) is 6.11. The Morgan fingerprint density at radius 1 is 1.05 bits per heavy atom. The third-order valence-electron chi connectivity index (χ3n) is 2.99. The Morgan fingerprint density at radius 3 is 2.40 bits per heavy atom. The van der Waals surface area contributed by atoms with Crippen LogP contribution in [0.1, 0.15) is 17.2 Å². The van der Waals surface area contributed by atoms with E-state index in [1.807, 2.05) is 0 Å². The molecule has 0 fully saturated rings. The molecule has 3 nitrogen and oxygen atoms in total. The van der Waals surface area contributed by atoms with Gasteiger partial charge in [0.15, 0.2) is 11.6 Å². The maximum atomic E-state index is 14.2. The molecule has 0 aromatic heterocycles. The highest BCUT2D eigenvalue weighted by Gasteiger charge is 2.21. The van der Waals surface area contributed by atoms with E-state index in [1.54, 1.807) is 24.3 Å². The molecule has 0 radical (unpaired) electrons. The Hall–Kier alpha value is -1.78. The van der Waals surface area contributed by atoms with E-state index in [1.165, 1.54) is 26.4 Å². The molecule has 1 N–H and O–H groups in total. The number of aliphatic hydroxyl groups is 1. The molecule has 0 aliphatic rings. The Bertz CT molecular complexity index is 616. The summed E-state index contributed by atoms with van der Waals surface area (Å²) in [4.78, 5) is 0. The Balaban J connectivity index is 2.51. The minimum atomic E-state index is -1.20. The van der Waals surface area contributed by atoms with Gasteiger partial charge in [0, 0.05) is 16.1 Å². The molecule has 1 unspecified atom stereocenters. The van der Waals surface area contributed by atoms with Gasteiger partial charge in [0.25, 0.3) is 0 Å². The van der Waals surface area contributed by atoms with Gasteiger partial charge in [0.05, 0.1) is 14.2 Å². The van der Waals surface area contributed by atoms with Crippen LogP contribution in [0.3, 0.4) is 0 Å². The molecule has 1 atom stereocenters. The average Bonchev–Trinajstić information content (AvgIpc) is 2.46. The third-order valence-corrected chi connectivity index (χ3v) is 3.23. The van der Waals surface area contributed by atoms with Crippen LogP contribution in [0.25, 0.3) is 0 Å². The molecule has 0 spiro atoms. The zero-order valence-electron chi connectivity index (χ0n) is 11.1. The van der Waals surface area contributed by atoms with E-state index in [0.29, 0.717) is 16.3 Å². The van der Waals surface area contributed by atoms with Gasteiger partial charge in [0.2, 0.25) is 0 Å². The Labute approximate surface area is 121 Å². The highest BCUT2D eigenvalue weighted by molar-refractivity contribution is 6.30. The lowest BCUT2D eigenvalue weighted by Gasteiger charge is -2.17. The van der Waals surface area contributed by atoms with Crippen molar-refractivity contribution in [1.29, 1.82) is 0 Å². The largest absolute Gasteiger partial charge is 0.496 e. The molecule has 106 valence electrons. The van der Waals surface area contributed by atoms with Crippen molar-refractivity contribution in [2.24, 2.45) is 0 Å². The maximum absolute atomic E-state index is 14.2. The molecule has 0 saturated heterocycles. The van der Waals surface area contributed by atoms with E-state index in [9.17, 15) is 9.50 Å². The van der Waals surface area contributed by atoms with Crippen LogP contribution in [-0.4, -0.2) is 19.3 Å². The summed E-state index contributed by atoms with van der Waals surface area (Å²) in [5.74, 6) is -0.101. The minimum absolute atomic E-state index is 0.0718. The number of aliphatic hydroxyl groups excluding tert-OH is 1. The number of benzene rings is 2. The molecular weight excluding hydrogens is 283 g/mol. The third kappa shape index (κ3) is 2.71. The van der Waals surface area contributed by atoms with E-state index in [0.717, 1.165) is 0 Å². The summed E-state index contributed by atoms with van der Waals surface area (Å²) in [7, 11) is 2.84. The van der Waals surface area contributed by atoms with Crippen molar-refractivity contribution >= 4 is 11.6 Å². The lowest BCUT2D eigenvalue weighted by atomic mass is 10.00. The van der Waals surface area contributed by atoms with Crippen LogP contribution in [0.15, 0.2) is 36.4 Å². The van der Waals surface area contributed by atoms with Gasteiger partial charge in [-0.15, -0.1) is 0 Å². The molecule has 5 heteroatoms. The predicted octanol–water partition coefficient (Wildman–Crippen LogP) is 3.58. The summed E-state index contributed by atoms with van der Waals surface area (Å²) in [6.45, 7) is 0. The fourth-order valence-corrected chi connectivity index (χ4v) is 2.16. The van der Waals surface area contributed by atoms with Crippen molar-refractivity contribution in [2.45, 2.75) is 6.10 Å². The quantitative estimate of drug-likeness (QED) is 0.937. The second-order valence-corrected chi connectivity index (χ2v) is 4.59. The van der Waals surface area contributed by atoms with Crippen molar-refractivity contribution in [3.63, 3.8) is 0 Å². The molecule has 2 aromatic carbocycles. The van der Waals surface area contributed by atoms with E-state index in [-0.39, 0.29) is 11.3 Å². The lowest BCUT2D eigenvalue weighted by Crippen LogP contribution is -2.06. The van der Waals surface area contributed by atoms with Crippen molar-refractivity contribution in [3.8, 4) is 11.5 Å². The van der Waals surface area contributed by atoms with Gasteiger partial charge in [0.1, 0.15) is 11.9 Å². The molecule has 0 aliphatic carbocycles. The van der Waals surface area contributed by atoms with Crippen LogP contribution in [0.4, 0.5) is 4.39 Å². The SMILES string of the molecule is COc1ccc(Cl)cc1C(O)c1cccc(OC)c1F. The van der Waals surface area contributed by atoms with Gasteiger partial charge in [-0.25, -0.2) is 4.39 Å². The Morgan fingerprint density at radius 2 is 1.75 bits per heavy atom. The predicted molar refractivity (Wildman–Crippen MR) is 75.0 cm³/mol. The van der Waals surface area contributed by atoms with Gasteiger partial charge in [-0.05, 0) is 24.3 Å². The first-order chi connectivity index (χ1) is 9.58. The van der Waals surface area contributed by atoms with Crippen molar-refractivity contribution in [3.05, 3.63) is 58.4 Å². The topological polar surface area (TPSA) is 38.7 Å². The smallest absolute Gasteiger partial charge is 0.171 e.